The first-order chi connectivity index (χ1) is 8.89. The van der Waals surface area contributed by atoms with Gasteiger partial charge in [0, 0.05) is 0 Å². The Labute approximate surface area is 112 Å². The molecule has 3 rings (SSSR count). The zero-order valence-electron chi connectivity index (χ0n) is 11.6. The van der Waals surface area contributed by atoms with Gasteiger partial charge in [-0.25, -0.2) is 0 Å². The van der Waals surface area contributed by atoms with Gasteiger partial charge in [-0.2, -0.15) is 0 Å². The minimum atomic E-state index is -0.834. The third kappa shape index (κ3) is 1.56. The van der Waals surface area contributed by atoms with Crippen molar-refractivity contribution in [3.8, 4) is 5.75 Å². The number of ether oxygens (including phenoxy) is 3. The third-order valence-electron chi connectivity index (χ3n) is 4.43. The molecule has 19 heavy (non-hydrogen) atoms. The van der Waals surface area contributed by atoms with Crippen LogP contribution in [0, 0.1) is 5.41 Å². The van der Waals surface area contributed by atoms with Crippen LogP contribution >= 0.6 is 0 Å². The lowest BCUT2D eigenvalue weighted by molar-refractivity contribution is -0.202. The standard InChI is InChI=1S/C15H18O4/c1-14(2)13(16)12-11(18-15(14,3)19-12)9-5-7-10(17-4)8-6-9/h5-8,11-12H,1-4H3/t11-,12+,15+/m0/s1. The molecule has 2 aliphatic heterocycles. The minimum absolute atomic E-state index is 0.113. The molecule has 0 aliphatic carbocycles. The molecule has 1 aromatic rings. The highest BCUT2D eigenvalue weighted by molar-refractivity contribution is 5.92. The van der Waals surface area contributed by atoms with E-state index in [1.807, 2.05) is 45.0 Å². The van der Waals surface area contributed by atoms with E-state index in [0.717, 1.165) is 11.3 Å². The van der Waals surface area contributed by atoms with Crippen LogP contribution in [0.2, 0.25) is 0 Å². The van der Waals surface area contributed by atoms with E-state index < -0.39 is 17.3 Å². The fraction of sp³-hybridized carbons (Fsp3) is 0.533. The van der Waals surface area contributed by atoms with E-state index in [0.29, 0.717) is 0 Å². The van der Waals surface area contributed by atoms with Crippen molar-refractivity contribution in [2.75, 3.05) is 7.11 Å². The predicted octanol–water partition coefficient (Wildman–Crippen LogP) is 2.48. The van der Waals surface area contributed by atoms with Gasteiger partial charge >= 0.3 is 0 Å². The van der Waals surface area contributed by atoms with Crippen LogP contribution in [-0.2, 0) is 14.3 Å². The van der Waals surface area contributed by atoms with E-state index in [1.165, 1.54) is 0 Å². The Hall–Kier alpha value is -1.39. The van der Waals surface area contributed by atoms with Gasteiger partial charge in [0.05, 0.1) is 12.5 Å². The van der Waals surface area contributed by atoms with Crippen LogP contribution < -0.4 is 4.74 Å². The fourth-order valence-corrected chi connectivity index (χ4v) is 2.74. The molecular formula is C15H18O4. The molecule has 1 aromatic carbocycles. The Bertz CT molecular complexity index is 519. The number of Topliss-reactive ketones (excluding diaryl/α,β-unsaturated/α-hetero) is 1. The van der Waals surface area contributed by atoms with Crippen molar-refractivity contribution >= 4 is 5.78 Å². The highest BCUT2D eigenvalue weighted by atomic mass is 16.8. The zero-order chi connectivity index (χ0) is 13.8. The molecule has 2 aliphatic rings. The Morgan fingerprint density at radius 2 is 1.63 bits per heavy atom. The van der Waals surface area contributed by atoms with Crippen LogP contribution in [0.15, 0.2) is 24.3 Å². The first-order valence-electron chi connectivity index (χ1n) is 6.43. The maximum absolute atomic E-state index is 12.4. The largest absolute Gasteiger partial charge is 0.497 e. The minimum Gasteiger partial charge on any atom is -0.497 e. The number of rotatable bonds is 2. The molecule has 4 heteroatoms. The molecule has 3 atom stereocenters. The summed E-state index contributed by atoms with van der Waals surface area (Å²) >= 11 is 0. The summed E-state index contributed by atoms with van der Waals surface area (Å²) in [6, 6.07) is 7.56. The predicted molar refractivity (Wildman–Crippen MR) is 68.9 cm³/mol. The lowest BCUT2D eigenvalue weighted by Gasteiger charge is -2.36. The Morgan fingerprint density at radius 3 is 2.11 bits per heavy atom. The van der Waals surface area contributed by atoms with E-state index in [-0.39, 0.29) is 11.9 Å². The molecule has 0 N–H and O–H groups in total. The van der Waals surface area contributed by atoms with Gasteiger partial charge in [-0.15, -0.1) is 0 Å². The van der Waals surface area contributed by atoms with Gasteiger partial charge in [0.2, 0.25) is 0 Å². The maximum Gasteiger partial charge on any atom is 0.179 e. The van der Waals surface area contributed by atoms with Crippen molar-refractivity contribution in [1.82, 2.24) is 0 Å². The van der Waals surface area contributed by atoms with E-state index in [1.54, 1.807) is 7.11 Å². The molecule has 0 saturated carbocycles. The number of hydrogen-bond donors (Lipinski definition) is 0. The molecule has 4 nitrogen and oxygen atoms in total. The van der Waals surface area contributed by atoms with Gasteiger partial charge in [0.25, 0.3) is 0 Å². The van der Waals surface area contributed by atoms with Gasteiger partial charge in [-0.05, 0) is 38.5 Å². The lowest BCUT2D eigenvalue weighted by atomic mass is 9.77. The second-order valence-corrected chi connectivity index (χ2v) is 5.79. The van der Waals surface area contributed by atoms with Crippen molar-refractivity contribution in [3.05, 3.63) is 29.8 Å². The Kier molecular flexibility index (Phi) is 2.53. The van der Waals surface area contributed by atoms with Gasteiger partial charge in [-0.3, -0.25) is 4.79 Å². The number of ketones is 1. The van der Waals surface area contributed by atoms with Gasteiger partial charge in [-0.1, -0.05) is 12.1 Å². The zero-order valence-corrected chi connectivity index (χ0v) is 11.6. The smallest absolute Gasteiger partial charge is 0.179 e. The highest BCUT2D eigenvalue weighted by Gasteiger charge is 2.67. The molecule has 0 unspecified atom stereocenters. The number of carbonyl (C=O) groups is 1. The van der Waals surface area contributed by atoms with Crippen LogP contribution in [0.4, 0.5) is 0 Å². The van der Waals surface area contributed by atoms with E-state index in [9.17, 15) is 4.79 Å². The fourth-order valence-electron chi connectivity index (χ4n) is 2.74. The van der Waals surface area contributed by atoms with Crippen molar-refractivity contribution in [2.24, 2.45) is 5.41 Å². The van der Waals surface area contributed by atoms with Crippen LogP contribution in [0.25, 0.3) is 0 Å². The van der Waals surface area contributed by atoms with Crippen molar-refractivity contribution in [3.63, 3.8) is 0 Å². The van der Waals surface area contributed by atoms with Crippen molar-refractivity contribution in [1.29, 1.82) is 0 Å². The molecule has 0 aromatic heterocycles. The summed E-state index contributed by atoms with van der Waals surface area (Å²) < 4.78 is 16.9. The molecule has 2 saturated heterocycles. The molecule has 2 bridgehead atoms. The molecule has 2 heterocycles. The summed E-state index contributed by atoms with van der Waals surface area (Å²) in [4.78, 5) is 12.4. The lowest BCUT2D eigenvalue weighted by Crippen LogP contribution is -2.47. The van der Waals surface area contributed by atoms with Gasteiger partial charge < -0.3 is 14.2 Å². The van der Waals surface area contributed by atoms with Crippen LogP contribution in [0.1, 0.15) is 32.4 Å². The molecule has 0 radical (unpaired) electrons. The van der Waals surface area contributed by atoms with Gasteiger partial charge in [0.15, 0.2) is 17.7 Å². The number of carbonyl (C=O) groups excluding carboxylic acids is 1. The third-order valence-corrected chi connectivity index (χ3v) is 4.43. The first kappa shape index (κ1) is 12.6. The first-order valence-corrected chi connectivity index (χ1v) is 6.43. The molecular weight excluding hydrogens is 244 g/mol. The second kappa shape index (κ2) is 3.81. The molecule has 102 valence electrons. The number of methoxy groups -OCH3 is 1. The van der Waals surface area contributed by atoms with Crippen molar-refractivity contribution in [2.45, 2.75) is 38.8 Å². The van der Waals surface area contributed by atoms with Crippen LogP contribution in [0.3, 0.4) is 0 Å². The maximum atomic E-state index is 12.4. The average Bonchev–Trinajstić information content (AvgIpc) is 2.84. The van der Waals surface area contributed by atoms with E-state index in [2.05, 4.69) is 0 Å². The number of fused-ring (bicyclic) bond motifs is 2. The average molecular weight is 262 g/mol. The quantitative estimate of drug-likeness (QED) is 0.821. The summed E-state index contributed by atoms with van der Waals surface area (Å²) in [5.41, 5.74) is 0.346. The summed E-state index contributed by atoms with van der Waals surface area (Å²) in [7, 11) is 1.62. The van der Waals surface area contributed by atoms with Crippen LogP contribution in [-0.4, -0.2) is 24.8 Å². The molecule has 2 fully saturated rings. The Morgan fingerprint density at radius 1 is 1.05 bits per heavy atom. The number of benzene rings is 1. The monoisotopic (exact) mass is 262 g/mol. The second-order valence-electron chi connectivity index (χ2n) is 5.79. The van der Waals surface area contributed by atoms with Crippen molar-refractivity contribution < 1.29 is 19.0 Å². The SMILES string of the molecule is COc1ccc([C@@H]2O[C@]3(C)O[C@H]2C(=O)C3(C)C)cc1. The summed E-state index contributed by atoms with van der Waals surface area (Å²) in [5.74, 6) is 0.0621. The summed E-state index contributed by atoms with van der Waals surface area (Å²) in [5, 5.41) is 0. The van der Waals surface area contributed by atoms with Crippen LogP contribution in [0.5, 0.6) is 5.75 Å². The Balaban J connectivity index is 1.92. The van der Waals surface area contributed by atoms with E-state index in [4.69, 9.17) is 14.2 Å². The van der Waals surface area contributed by atoms with Gasteiger partial charge in [0.1, 0.15) is 11.9 Å². The molecule has 0 spiro atoms. The molecule has 0 amide bonds. The number of hydrogen-bond acceptors (Lipinski definition) is 4. The highest BCUT2D eigenvalue weighted by Crippen LogP contribution is 2.55. The topological polar surface area (TPSA) is 44.8 Å². The van der Waals surface area contributed by atoms with E-state index >= 15 is 0 Å². The summed E-state index contributed by atoms with van der Waals surface area (Å²) in [6.07, 6.45) is -0.829. The summed E-state index contributed by atoms with van der Waals surface area (Å²) in [6.45, 7) is 5.59. The normalized spacial score (nSPS) is 35.7.